The van der Waals surface area contributed by atoms with E-state index in [0.717, 1.165) is 93.5 Å². The van der Waals surface area contributed by atoms with Crippen LogP contribution >= 0.6 is 0 Å². The van der Waals surface area contributed by atoms with Crippen LogP contribution in [0.15, 0.2) is 53.5 Å². The molecule has 1 aliphatic carbocycles. The first-order valence-corrected chi connectivity index (χ1v) is 21.3. The molecule has 5 aliphatic rings. The summed E-state index contributed by atoms with van der Waals surface area (Å²) in [5, 5.41) is 14.5. The number of halogens is 2. The molecule has 3 amide bonds. The average Bonchev–Trinajstić information content (AvgIpc) is 4.12. The van der Waals surface area contributed by atoms with Gasteiger partial charge in [-0.2, -0.15) is 10.2 Å². The third-order valence-corrected chi connectivity index (χ3v) is 13.1. The zero-order chi connectivity index (χ0) is 41.6. The molecule has 0 radical (unpaired) electrons. The van der Waals surface area contributed by atoms with Gasteiger partial charge in [-0.25, -0.2) is 18.3 Å². The number of anilines is 2. The zero-order valence-electron chi connectivity index (χ0n) is 33.6. The number of aromatic nitrogens is 5. The van der Waals surface area contributed by atoms with Gasteiger partial charge in [0.25, 0.3) is 12.3 Å². The maximum absolute atomic E-state index is 14.3. The van der Waals surface area contributed by atoms with Crippen LogP contribution in [0.4, 0.5) is 20.3 Å². The molecule has 4 aliphatic heterocycles. The van der Waals surface area contributed by atoms with Gasteiger partial charge in [-0.1, -0.05) is 11.8 Å². The van der Waals surface area contributed by atoms with E-state index in [2.05, 4.69) is 42.5 Å². The number of benzene rings is 1. The lowest BCUT2D eigenvalue weighted by Crippen LogP contribution is -2.40. The van der Waals surface area contributed by atoms with Gasteiger partial charge in [0.1, 0.15) is 23.6 Å². The van der Waals surface area contributed by atoms with Gasteiger partial charge in [-0.15, -0.1) is 0 Å². The van der Waals surface area contributed by atoms with E-state index in [9.17, 15) is 23.2 Å². The fourth-order valence-electron chi connectivity index (χ4n) is 9.80. The normalized spacial score (nSPS) is 24.8. The molecule has 2 bridgehead atoms. The summed E-state index contributed by atoms with van der Waals surface area (Å²) in [6.07, 6.45) is 10.9. The molecule has 61 heavy (non-hydrogen) atoms. The van der Waals surface area contributed by atoms with Crippen LogP contribution in [0.2, 0.25) is 0 Å². The Hall–Kier alpha value is -5.70. The monoisotopic (exact) mass is 835 g/mol. The Morgan fingerprint density at radius 2 is 1.92 bits per heavy atom. The third-order valence-electron chi connectivity index (χ3n) is 13.1. The maximum atomic E-state index is 14.3. The lowest BCUT2D eigenvalue weighted by molar-refractivity contribution is -0.134. The maximum Gasteiger partial charge on any atom is 0.284 e. The van der Waals surface area contributed by atoms with Crippen molar-refractivity contribution in [1.82, 2.24) is 34.6 Å². The molecular formula is C44H47F2N9O6. The van der Waals surface area contributed by atoms with E-state index >= 15 is 0 Å². The van der Waals surface area contributed by atoms with E-state index < -0.39 is 23.9 Å². The van der Waals surface area contributed by atoms with Crippen molar-refractivity contribution in [3.05, 3.63) is 71.5 Å². The minimum absolute atomic E-state index is 0.000195. The average molecular weight is 836 g/mol. The summed E-state index contributed by atoms with van der Waals surface area (Å²) < 4.78 is 49.3. The topological polar surface area (TPSA) is 161 Å². The molecule has 8 heterocycles. The number of morpholine rings is 1. The van der Waals surface area contributed by atoms with Crippen LogP contribution in [0.5, 0.6) is 0 Å². The molecule has 5 aromatic rings. The Labute approximate surface area is 350 Å². The van der Waals surface area contributed by atoms with Gasteiger partial charge in [-0.3, -0.25) is 24.4 Å². The van der Waals surface area contributed by atoms with Gasteiger partial charge in [-0.05, 0) is 81.5 Å². The van der Waals surface area contributed by atoms with Gasteiger partial charge in [0.2, 0.25) is 11.8 Å². The highest BCUT2D eigenvalue weighted by atomic mass is 19.3. The number of carbonyl (C=O) groups excluding carboxylic acids is 3. The Balaban J connectivity index is 0.680. The van der Waals surface area contributed by atoms with E-state index in [4.69, 9.17) is 18.9 Å². The molecule has 0 spiro atoms. The number of imide groups is 1. The van der Waals surface area contributed by atoms with Crippen LogP contribution in [0.3, 0.4) is 0 Å². The minimum atomic E-state index is -2.85. The predicted octanol–water partition coefficient (Wildman–Crippen LogP) is 5.62. The number of fused-ring (bicyclic) bond motifs is 4. The van der Waals surface area contributed by atoms with Crippen LogP contribution in [-0.4, -0.2) is 105 Å². The highest BCUT2D eigenvalue weighted by Crippen LogP contribution is 2.37. The number of piperidine rings is 2. The quantitative estimate of drug-likeness (QED) is 0.133. The van der Waals surface area contributed by atoms with E-state index in [1.54, 1.807) is 23.3 Å². The summed E-state index contributed by atoms with van der Waals surface area (Å²) in [5.74, 6) is 6.03. The molecule has 17 heteroatoms. The second kappa shape index (κ2) is 16.6. The van der Waals surface area contributed by atoms with Crippen molar-refractivity contribution in [1.29, 1.82) is 0 Å². The number of hydrogen-bond acceptors (Lipinski definition) is 11. The summed E-state index contributed by atoms with van der Waals surface area (Å²) in [7, 11) is 0. The summed E-state index contributed by atoms with van der Waals surface area (Å²) in [6.45, 7) is 4.59. The highest BCUT2D eigenvalue weighted by Gasteiger charge is 2.40. The Kier molecular flexibility index (Phi) is 10.8. The van der Waals surface area contributed by atoms with E-state index in [-0.39, 0.29) is 47.4 Å². The number of ether oxygens (including phenoxy) is 2. The summed E-state index contributed by atoms with van der Waals surface area (Å²) in [6, 6.07) is 7.77. The second-order valence-corrected chi connectivity index (χ2v) is 17.0. The van der Waals surface area contributed by atoms with Crippen molar-refractivity contribution in [2.24, 2.45) is 5.92 Å². The number of nitrogens with one attached hydrogen (secondary N) is 2. The van der Waals surface area contributed by atoms with Gasteiger partial charge < -0.3 is 29.0 Å². The van der Waals surface area contributed by atoms with Crippen LogP contribution < -0.4 is 15.5 Å². The van der Waals surface area contributed by atoms with Crippen molar-refractivity contribution in [2.45, 2.75) is 94.4 Å². The number of alkyl halides is 2. The van der Waals surface area contributed by atoms with E-state index in [0.29, 0.717) is 43.2 Å². The van der Waals surface area contributed by atoms with Gasteiger partial charge >= 0.3 is 0 Å². The Bertz CT molecular complexity index is 2530. The Morgan fingerprint density at radius 1 is 1.07 bits per heavy atom. The molecule has 5 fully saturated rings. The zero-order valence-corrected chi connectivity index (χ0v) is 33.6. The number of nitrogens with zero attached hydrogens (tertiary/aromatic N) is 7. The smallest absolute Gasteiger partial charge is 0.284 e. The molecule has 1 saturated carbocycles. The molecule has 3 unspecified atom stereocenters. The second-order valence-electron chi connectivity index (χ2n) is 17.0. The molecule has 4 aromatic heterocycles. The molecule has 318 valence electrons. The van der Waals surface area contributed by atoms with E-state index in [1.807, 2.05) is 24.3 Å². The molecule has 10 rings (SSSR count). The molecule has 2 N–H and O–H groups in total. The van der Waals surface area contributed by atoms with Crippen LogP contribution in [0.25, 0.3) is 16.6 Å². The number of amides is 3. The van der Waals surface area contributed by atoms with Crippen molar-refractivity contribution >= 4 is 45.8 Å². The number of rotatable bonds is 10. The van der Waals surface area contributed by atoms with Gasteiger partial charge in [0, 0.05) is 61.5 Å². The van der Waals surface area contributed by atoms with Crippen LogP contribution in [-0.2, 0) is 19.1 Å². The number of hydrogen-bond donors (Lipinski definition) is 2. The fraction of sp³-hybridized carbons (Fsp3) is 0.500. The van der Waals surface area contributed by atoms with Crippen molar-refractivity contribution in [2.75, 3.05) is 49.6 Å². The minimum Gasteiger partial charge on any atom is -0.464 e. The number of carbonyl (C=O) groups is 3. The van der Waals surface area contributed by atoms with Gasteiger partial charge in [0.05, 0.1) is 55.0 Å². The first kappa shape index (κ1) is 39.4. The van der Waals surface area contributed by atoms with Gasteiger partial charge in [0.15, 0.2) is 11.3 Å². The SMILES string of the molecule is O=C1CCC(c2coc3cc(C#CCOC4CCN(CC5CCC(n6cc(NC(=O)c7cnn8ccc(N9CC%10CC9CO%10)nc78)c(C(F)F)n6)CC5)CC4)ccc23)C(=O)N1. The molecule has 4 saturated heterocycles. The predicted molar refractivity (Wildman–Crippen MR) is 218 cm³/mol. The first-order valence-electron chi connectivity index (χ1n) is 21.3. The Morgan fingerprint density at radius 3 is 2.69 bits per heavy atom. The lowest BCUT2D eigenvalue weighted by Gasteiger charge is -2.36. The van der Waals surface area contributed by atoms with Crippen molar-refractivity contribution < 1.29 is 37.1 Å². The molecule has 1 aromatic carbocycles. The van der Waals surface area contributed by atoms with Crippen molar-refractivity contribution in [3.8, 4) is 11.8 Å². The summed E-state index contributed by atoms with van der Waals surface area (Å²) >= 11 is 0. The lowest BCUT2D eigenvalue weighted by atomic mass is 9.85. The highest BCUT2D eigenvalue weighted by molar-refractivity contribution is 6.08. The third kappa shape index (κ3) is 8.11. The summed E-state index contributed by atoms with van der Waals surface area (Å²) in [5.41, 5.74) is 2.35. The van der Waals surface area contributed by atoms with Crippen LogP contribution in [0.1, 0.15) is 103 Å². The molecule has 3 atom stereocenters. The number of likely N-dealkylation sites (tertiary alicyclic amines) is 1. The first-order chi connectivity index (χ1) is 29.7. The standard InChI is InChI=1S/C44H47F2N9O6/c45-41(46)40-36(48-44(58)34-20-47-54-16-13-38(49-42(34)54)53-22-31-19-29(53)24-60-31)23-55(51-40)28-6-3-27(4-7-28)21-52-14-11-30(12-15-52)59-17-1-2-26-5-8-32-35(25-61-37(32)18-26)33-9-10-39(56)50-43(33)57/h5,8,13,16,18,20,23,25,27-31,33,41H,3-4,6-7,9-12,14-15,17,19,21-22,24H2,(H,48,58)(H,50,56,57). The van der Waals surface area contributed by atoms with E-state index in [1.165, 1.54) is 10.7 Å². The van der Waals surface area contributed by atoms with Crippen molar-refractivity contribution in [3.63, 3.8) is 0 Å². The largest absolute Gasteiger partial charge is 0.464 e. The molecule has 15 nitrogen and oxygen atoms in total. The molecular weight excluding hydrogens is 789 g/mol. The fourth-order valence-corrected chi connectivity index (χ4v) is 9.80. The summed E-state index contributed by atoms with van der Waals surface area (Å²) in [4.78, 5) is 46.9. The van der Waals surface area contributed by atoms with Crippen LogP contribution in [0, 0.1) is 17.8 Å². The number of furan rings is 1.